The molecule has 0 bridgehead atoms. The van der Waals surface area contributed by atoms with Crippen molar-refractivity contribution in [2.75, 3.05) is 12.3 Å². The zero-order valence-corrected chi connectivity index (χ0v) is 12.1. The second-order valence-corrected chi connectivity index (χ2v) is 7.49. The number of amides is 1. The minimum Gasteiger partial charge on any atom is -0.294 e. The fourth-order valence-corrected chi connectivity index (χ4v) is 4.55. The Balaban J connectivity index is 2.84. The largest absolute Gasteiger partial charge is 0.294 e. The Morgan fingerprint density at radius 2 is 2.06 bits per heavy atom. The van der Waals surface area contributed by atoms with Gasteiger partial charge < -0.3 is 0 Å². The van der Waals surface area contributed by atoms with Crippen molar-refractivity contribution >= 4 is 15.9 Å². The summed E-state index contributed by atoms with van der Waals surface area (Å²) < 4.78 is 26.2. The highest BCUT2D eigenvalue weighted by Gasteiger charge is 2.38. The molecule has 1 aliphatic heterocycles. The lowest BCUT2D eigenvalue weighted by atomic mass is 9.96. The highest BCUT2D eigenvalue weighted by Crippen LogP contribution is 2.25. The van der Waals surface area contributed by atoms with Crippen LogP contribution in [-0.4, -0.2) is 37.0 Å². The quantitative estimate of drug-likeness (QED) is 0.436. The summed E-state index contributed by atoms with van der Waals surface area (Å²) in [5.41, 5.74) is 0.997. The molecule has 1 saturated heterocycles. The van der Waals surface area contributed by atoms with E-state index in [1.54, 1.807) is 13.8 Å². The van der Waals surface area contributed by atoms with Gasteiger partial charge in [-0.1, -0.05) is 6.42 Å². The maximum atomic E-state index is 12.3. The lowest BCUT2D eigenvalue weighted by Gasteiger charge is -2.34. The predicted molar refractivity (Wildman–Crippen MR) is 69.9 cm³/mol. The fourth-order valence-electron chi connectivity index (χ4n) is 2.28. The summed E-state index contributed by atoms with van der Waals surface area (Å²) in [5, 5.41) is 0. The number of hydrogen-bond acceptors (Lipinski definition) is 4. The standard InChI is InChI=1S/C11H23N3O3S/c1-9-6-4-5-7-14(9)18(16,17)8-11(2,3)10(15)13-12/h9H,4-8,12H2,1-3H3,(H,13,15). The molecule has 7 heteroatoms. The summed E-state index contributed by atoms with van der Waals surface area (Å²) in [6.07, 6.45) is 2.82. The molecule has 106 valence electrons. The van der Waals surface area contributed by atoms with Crippen LogP contribution in [0, 0.1) is 5.41 Å². The van der Waals surface area contributed by atoms with Crippen LogP contribution in [0.4, 0.5) is 0 Å². The molecule has 6 nitrogen and oxygen atoms in total. The lowest BCUT2D eigenvalue weighted by Crippen LogP contribution is -2.50. The maximum absolute atomic E-state index is 12.3. The summed E-state index contributed by atoms with van der Waals surface area (Å²) >= 11 is 0. The molecule has 1 atom stereocenters. The molecule has 0 radical (unpaired) electrons. The van der Waals surface area contributed by atoms with Gasteiger partial charge in [-0.15, -0.1) is 0 Å². The Labute approximate surface area is 109 Å². The summed E-state index contributed by atoms with van der Waals surface area (Å²) in [5.74, 6) is 4.40. The summed E-state index contributed by atoms with van der Waals surface area (Å²) in [6.45, 7) is 5.62. The van der Waals surface area contributed by atoms with Crippen LogP contribution in [0.1, 0.15) is 40.0 Å². The molecule has 1 heterocycles. The average Bonchev–Trinajstić information content (AvgIpc) is 2.26. The Bertz CT molecular complexity index is 406. The van der Waals surface area contributed by atoms with Crippen LogP contribution in [0.3, 0.4) is 0 Å². The molecule has 0 aliphatic carbocycles. The third-order valence-electron chi connectivity index (χ3n) is 3.39. The predicted octanol–water partition coefficient (Wildman–Crippen LogP) is 0.207. The molecular weight excluding hydrogens is 254 g/mol. The molecule has 1 unspecified atom stereocenters. The van der Waals surface area contributed by atoms with Crippen molar-refractivity contribution in [2.24, 2.45) is 11.3 Å². The molecule has 1 aliphatic rings. The van der Waals surface area contributed by atoms with Crippen molar-refractivity contribution in [1.82, 2.24) is 9.73 Å². The first-order valence-corrected chi connectivity index (χ1v) is 7.82. The van der Waals surface area contributed by atoms with Gasteiger partial charge in [0.15, 0.2) is 0 Å². The van der Waals surface area contributed by atoms with Crippen LogP contribution in [0.2, 0.25) is 0 Å². The summed E-state index contributed by atoms with van der Waals surface area (Å²) in [7, 11) is -3.43. The number of nitrogens with zero attached hydrogens (tertiary/aromatic N) is 1. The van der Waals surface area contributed by atoms with Crippen LogP contribution >= 0.6 is 0 Å². The SMILES string of the molecule is CC1CCCCN1S(=O)(=O)CC(C)(C)C(=O)NN. The van der Waals surface area contributed by atoms with E-state index in [0.717, 1.165) is 19.3 Å². The highest BCUT2D eigenvalue weighted by molar-refractivity contribution is 7.89. The number of nitrogens with two attached hydrogens (primary N) is 1. The van der Waals surface area contributed by atoms with Crippen LogP contribution in [0.5, 0.6) is 0 Å². The zero-order chi connectivity index (χ0) is 14.0. The molecule has 0 aromatic heterocycles. The Kier molecular flexibility index (Phi) is 4.74. The van der Waals surface area contributed by atoms with Crippen molar-refractivity contribution < 1.29 is 13.2 Å². The Hall–Kier alpha value is -0.660. The number of carbonyl (C=O) groups is 1. The van der Waals surface area contributed by atoms with Crippen molar-refractivity contribution in [2.45, 2.75) is 46.1 Å². The first-order valence-electron chi connectivity index (χ1n) is 6.21. The van der Waals surface area contributed by atoms with Gasteiger partial charge in [-0.05, 0) is 33.6 Å². The third-order valence-corrected chi connectivity index (χ3v) is 5.73. The van der Waals surface area contributed by atoms with E-state index in [-0.39, 0.29) is 11.8 Å². The molecule has 1 fully saturated rings. The lowest BCUT2D eigenvalue weighted by molar-refractivity contribution is -0.128. The number of nitrogens with one attached hydrogen (secondary N) is 1. The molecular formula is C11H23N3O3S. The van der Waals surface area contributed by atoms with E-state index >= 15 is 0 Å². The topological polar surface area (TPSA) is 92.5 Å². The van der Waals surface area contributed by atoms with E-state index in [9.17, 15) is 13.2 Å². The average molecular weight is 277 g/mol. The van der Waals surface area contributed by atoms with Crippen LogP contribution in [0.15, 0.2) is 0 Å². The van der Waals surface area contributed by atoms with Crippen molar-refractivity contribution in [1.29, 1.82) is 0 Å². The van der Waals surface area contributed by atoms with E-state index in [2.05, 4.69) is 0 Å². The summed E-state index contributed by atoms with van der Waals surface area (Å²) in [6, 6.07) is 0.0143. The van der Waals surface area contributed by atoms with Gasteiger partial charge >= 0.3 is 0 Å². The van der Waals surface area contributed by atoms with Crippen molar-refractivity contribution in [3.05, 3.63) is 0 Å². The number of hydrogen-bond donors (Lipinski definition) is 2. The molecule has 0 saturated carbocycles. The van der Waals surface area contributed by atoms with E-state index in [1.807, 2.05) is 12.3 Å². The van der Waals surface area contributed by atoms with E-state index < -0.39 is 21.3 Å². The van der Waals surface area contributed by atoms with Gasteiger partial charge in [-0.3, -0.25) is 10.2 Å². The van der Waals surface area contributed by atoms with Gasteiger partial charge in [0, 0.05) is 12.6 Å². The highest BCUT2D eigenvalue weighted by atomic mass is 32.2. The number of carbonyl (C=O) groups excluding carboxylic acids is 1. The normalized spacial score (nSPS) is 22.8. The Morgan fingerprint density at radius 1 is 1.44 bits per heavy atom. The zero-order valence-electron chi connectivity index (χ0n) is 11.3. The van der Waals surface area contributed by atoms with Gasteiger partial charge in [-0.2, -0.15) is 4.31 Å². The molecule has 1 rings (SSSR count). The van der Waals surface area contributed by atoms with E-state index in [0.29, 0.717) is 6.54 Å². The number of sulfonamides is 1. The minimum atomic E-state index is -3.43. The van der Waals surface area contributed by atoms with Crippen LogP contribution < -0.4 is 11.3 Å². The van der Waals surface area contributed by atoms with Gasteiger partial charge in [0.05, 0.1) is 11.2 Å². The van der Waals surface area contributed by atoms with Gasteiger partial charge in [0.2, 0.25) is 15.9 Å². The first kappa shape index (κ1) is 15.4. The monoisotopic (exact) mass is 277 g/mol. The minimum absolute atomic E-state index is 0.0143. The third kappa shape index (κ3) is 3.43. The van der Waals surface area contributed by atoms with Crippen LogP contribution in [-0.2, 0) is 14.8 Å². The number of piperidine rings is 1. The molecule has 1 amide bonds. The number of rotatable bonds is 4. The number of hydrazine groups is 1. The molecule has 0 aromatic carbocycles. The first-order chi connectivity index (χ1) is 8.20. The van der Waals surface area contributed by atoms with Crippen LogP contribution in [0.25, 0.3) is 0 Å². The fraction of sp³-hybridized carbons (Fsp3) is 0.909. The maximum Gasteiger partial charge on any atom is 0.240 e. The molecule has 18 heavy (non-hydrogen) atoms. The Morgan fingerprint density at radius 3 is 2.56 bits per heavy atom. The van der Waals surface area contributed by atoms with Crippen molar-refractivity contribution in [3.63, 3.8) is 0 Å². The smallest absolute Gasteiger partial charge is 0.240 e. The summed E-state index contributed by atoms with van der Waals surface area (Å²) in [4.78, 5) is 11.6. The second-order valence-electron chi connectivity index (χ2n) is 5.57. The van der Waals surface area contributed by atoms with E-state index in [4.69, 9.17) is 5.84 Å². The van der Waals surface area contributed by atoms with Crippen molar-refractivity contribution in [3.8, 4) is 0 Å². The van der Waals surface area contributed by atoms with E-state index in [1.165, 1.54) is 4.31 Å². The molecule has 3 N–H and O–H groups in total. The molecule has 0 spiro atoms. The van der Waals surface area contributed by atoms with Gasteiger partial charge in [-0.25, -0.2) is 14.3 Å². The van der Waals surface area contributed by atoms with Gasteiger partial charge in [0.1, 0.15) is 0 Å². The molecule has 0 aromatic rings. The second kappa shape index (κ2) is 5.54. The van der Waals surface area contributed by atoms with Gasteiger partial charge in [0.25, 0.3) is 0 Å².